The molecule has 3 atom stereocenters. The minimum atomic E-state index is 0.838. The van der Waals surface area contributed by atoms with E-state index < -0.39 is 0 Å². The molecule has 1 aliphatic heterocycles. The van der Waals surface area contributed by atoms with Crippen molar-refractivity contribution in [2.24, 2.45) is 11.8 Å². The molecule has 18 heavy (non-hydrogen) atoms. The smallest absolute Gasteiger partial charge is 0.0138 e. The Hall–Kier alpha value is -0.470. The largest absolute Gasteiger partial charge is 0.319 e. The predicted octanol–water partition coefficient (Wildman–Crippen LogP) is 3.73. The average molecular weight is 261 g/mol. The molecule has 0 saturated heterocycles. The summed E-state index contributed by atoms with van der Waals surface area (Å²) in [4.78, 5) is 1.53. The van der Waals surface area contributed by atoms with Gasteiger partial charge in [-0.25, -0.2) is 0 Å². The van der Waals surface area contributed by atoms with Crippen molar-refractivity contribution in [1.29, 1.82) is 0 Å². The van der Waals surface area contributed by atoms with E-state index in [2.05, 4.69) is 48.4 Å². The molecule has 0 spiro atoms. The van der Waals surface area contributed by atoms with E-state index in [0.29, 0.717) is 0 Å². The lowest BCUT2D eigenvalue weighted by Gasteiger charge is -2.22. The summed E-state index contributed by atoms with van der Waals surface area (Å²) in [6.45, 7) is 1.22. The zero-order chi connectivity index (χ0) is 12.4. The van der Waals surface area contributed by atoms with Gasteiger partial charge in [-0.1, -0.05) is 31.0 Å². The maximum Gasteiger partial charge on any atom is 0.0138 e. The second-order valence-corrected chi connectivity index (χ2v) is 7.14. The molecule has 1 aliphatic carbocycles. The highest BCUT2D eigenvalue weighted by atomic mass is 32.2. The number of benzene rings is 1. The average Bonchev–Trinajstić information content (AvgIpc) is 2.97. The molecule has 3 rings (SSSR count). The number of nitrogens with one attached hydrogen (secondary N) is 1. The molecule has 1 aromatic carbocycles. The Bertz CT molecular complexity index is 379. The molecule has 1 aromatic rings. The number of rotatable bonds is 4. The molecule has 0 radical (unpaired) electrons. The van der Waals surface area contributed by atoms with Gasteiger partial charge in [0, 0.05) is 10.1 Å². The molecule has 1 fully saturated rings. The molecule has 2 aliphatic rings. The van der Waals surface area contributed by atoms with Crippen LogP contribution in [0.1, 0.15) is 31.2 Å². The van der Waals surface area contributed by atoms with Crippen molar-refractivity contribution < 1.29 is 0 Å². The molecule has 1 heterocycles. The van der Waals surface area contributed by atoms with Gasteiger partial charge in [-0.2, -0.15) is 0 Å². The van der Waals surface area contributed by atoms with E-state index >= 15 is 0 Å². The van der Waals surface area contributed by atoms with Gasteiger partial charge in [0.15, 0.2) is 0 Å². The van der Waals surface area contributed by atoms with Crippen molar-refractivity contribution in [3.05, 3.63) is 29.8 Å². The molecule has 0 aromatic heterocycles. The van der Waals surface area contributed by atoms with Gasteiger partial charge in [-0.15, -0.1) is 11.8 Å². The summed E-state index contributed by atoms with van der Waals surface area (Å²) in [7, 11) is 2.09. The van der Waals surface area contributed by atoms with Gasteiger partial charge in [0.05, 0.1) is 0 Å². The lowest BCUT2D eigenvalue weighted by molar-refractivity contribution is 0.352. The van der Waals surface area contributed by atoms with Crippen molar-refractivity contribution in [1.82, 2.24) is 5.32 Å². The Balaban J connectivity index is 1.59. The molecule has 1 nitrogen and oxygen atoms in total. The SMILES string of the molecule is CNCC1CCCC1CC1Cc2ccccc2S1. The summed E-state index contributed by atoms with van der Waals surface area (Å²) < 4.78 is 0. The molecule has 1 N–H and O–H groups in total. The van der Waals surface area contributed by atoms with Crippen LogP contribution in [-0.4, -0.2) is 18.8 Å². The summed E-state index contributed by atoms with van der Waals surface area (Å²) in [5.41, 5.74) is 1.58. The van der Waals surface area contributed by atoms with Crippen molar-refractivity contribution >= 4 is 11.8 Å². The molecule has 0 bridgehead atoms. The zero-order valence-electron chi connectivity index (χ0n) is 11.2. The van der Waals surface area contributed by atoms with Crippen molar-refractivity contribution in [3.8, 4) is 0 Å². The quantitative estimate of drug-likeness (QED) is 0.886. The Morgan fingerprint density at radius 2 is 2.06 bits per heavy atom. The van der Waals surface area contributed by atoms with E-state index in [-0.39, 0.29) is 0 Å². The van der Waals surface area contributed by atoms with Crippen LogP contribution in [0.15, 0.2) is 29.2 Å². The fraction of sp³-hybridized carbons (Fsp3) is 0.625. The topological polar surface area (TPSA) is 12.0 Å². The lowest BCUT2D eigenvalue weighted by atomic mass is 9.90. The van der Waals surface area contributed by atoms with E-state index in [0.717, 1.165) is 17.1 Å². The highest BCUT2D eigenvalue weighted by Crippen LogP contribution is 2.43. The summed E-state index contributed by atoms with van der Waals surface area (Å²) in [5.74, 6) is 1.89. The van der Waals surface area contributed by atoms with Crippen LogP contribution in [0.2, 0.25) is 0 Å². The fourth-order valence-corrected chi connectivity index (χ4v) is 5.10. The second-order valence-electron chi connectivity index (χ2n) is 5.80. The fourth-order valence-electron chi connectivity index (χ4n) is 3.68. The van der Waals surface area contributed by atoms with Crippen molar-refractivity contribution in [2.45, 2.75) is 42.2 Å². The number of fused-ring (bicyclic) bond motifs is 1. The molecule has 0 amide bonds. The van der Waals surface area contributed by atoms with Crippen LogP contribution in [-0.2, 0) is 6.42 Å². The highest BCUT2D eigenvalue weighted by molar-refractivity contribution is 8.00. The van der Waals surface area contributed by atoms with Crippen LogP contribution in [0, 0.1) is 11.8 Å². The zero-order valence-corrected chi connectivity index (χ0v) is 12.0. The predicted molar refractivity (Wildman–Crippen MR) is 79.2 cm³/mol. The van der Waals surface area contributed by atoms with Gasteiger partial charge in [-0.3, -0.25) is 0 Å². The normalized spacial score (nSPS) is 30.6. The van der Waals surface area contributed by atoms with E-state index in [9.17, 15) is 0 Å². The van der Waals surface area contributed by atoms with Crippen molar-refractivity contribution in [3.63, 3.8) is 0 Å². The molecular formula is C16H23NS. The van der Waals surface area contributed by atoms with Gasteiger partial charge in [-0.05, 0) is 56.3 Å². The summed E-state index contributed by atoms with van der Waals surface area (Å²) in [6, 6.07) is 8.95. The third kappa shape index (κ3) is 2.60. The summed E-state index contributed by atoms with van der Waals surface area (Å²) in [5, 5.41) is 4.21. The second kappa shape index (κ2) is 5.66. The van der Waals surface area contributed by atoms with Crippen LogP contribution in [0.3, 0.4) is 0 Å². The molecular weight excluding hydrogens is 238 g/mol. The van der Waals surface area contributed by atoms with Crippen LogP contribution in [0.5, 0.6) is 0 Å². The van der Waals surface area contributed by atoms with Crippen LogP contribution < -0.4 is 5.32 Å². The first-order valence-corrected chi connectivity index (χ1v) is 8.14. The summed E-state index contributed by atoms with van der Waals surface area (Å²) >= 11 is 2.12. The third-order valence-corrected chi connectivity index (χ3v) is 5.91. The van der Waals surface area contributed by atoms with Gasteiger partial charge in [0.25, 0.3) is 0 Å². The first kappa shape index (κ1) is 12.6. The molecule has 98 valence electrons. The Labute approximate surface area is 115 Å². The first-order chi connectivity index (χ1) is 8.86. The van der Waals surface area contributed by atoms with Gasteiger partial charge in [0.2, 0.25) is 0 Å². The Morgan fingerprint density at radius 1 is 1.22 bits per heavy atom. The Kier molecular flexibility index (Phi) is 3.95. The van der Waals surface area contributed by atoms with Gasteiger partial charge in [0.1, 0.15) is 0 Å². The van der Waals surface area contributed by atoms with Gasteiger partial charge < -0.3 is 5.32 Å². The number of hydrogen-bond acceptors (Lipinski definition) is 2. The molecule has 2 heteroatoms. The van der Waals surface area contributed by atoms with Crippen LogP contribution in [0.25, 0.3) is 0 Å². The monoisotopic (exact) mass is 261 g/mol. The third-order valence-electron chi connectivity index (χ3n) is 4.56. The van der Waals surface area contributed by atoms with E-state index in [1.807, 2.05) is 0 Å². The minimum Gasteiger partial charge on any atom is -0.319 e. The highest BCUT2D eigenvalue weighted by Gasteiger charge is 2.31. The number of thioether (sulfide) groups is 1. The molecule has 1 saturated carbocycles. The van der Waals surface area contributed by atoms with Gasteiger partial charge >= 0.3 is 0 Å². The van der Waals surface area contributed by atoms with Crippen molar-refractivity contribution in [2.75, 3.05) is 13.6 Å². The summed E-state index contributed by atoms with van der Waals surface area (Å²) in [6.07, 6.45) is 7.06. The van der Waals surface area contributed by atoms with E-state index in [4.69, 9.17) is 0 Å². The standard InChI is InChI=1S/C16H23NS/c1-17-11-14-7-4-6-12(14)9-15-10-13-5-2-3-8-16(13)18-15/h2-3,5,8,12,14-15,17H,4,6-7,9-11H2,1H3. The van der Waals surface area contributed by atoms with E-state index in [1.165, 1.54) is 43.5 Å². The Morgan fingerprint density at radius 3 is 2.89 bits per heavy atom. The minimum absolute atomic E-state index is 0.838. The van der Waals surface area contributed by atoms with E-state index in [1.54, 1.807) is 5.56 Å². The van der Waals surface area contributed by atoms with Crippen LogP contribution >= 0.6 is 11.8 Å². The number of hydrogen-bond donors (Lipinski definition) is 1. The molecule has 3 unspecified atom stereocenters. The maximum atomic E-state index is 3.37. The first-order valence-electron chi connectivity index (χ1n) is 7.26. The maximum absolute atomic E-state index is 3.37. The van der Waals surface area contributed by atoms with Crippen LogP contribution in [0.4, 0.5) is 0 Å². The lowest BCUT2D eigenvalue weighted by Crippen LogP contribution is -2.24.